The normalized spacial score (nSPS) is 15.0. The SMILES string of the molecule is Cc1ccc(CNC(=O)NC(CC(C)C)C(=O)N2CCN(c3ccccc3)CC2)cc1. The lowest BCUT2D eigenvalue weighted by molar-refractivity contribution is -0.133. The molecule has 2 N–H and O–H groups in total. The molecule has 1 heterocycles. The van der Waals surface area contributed by atoms with Gasteiger partial charge in [0, 0.05) is 38.4 Å². The predicted molar refractivity (Wildman–Crippen MR) is 125 cm³/mol. The van der Waals surface area contributed by atoms with E-state index in [-0.39, 0.29) is 11.9 Å². The molecule has 1 fully saturated rings. The third kappa shape index (κ3) is 6.74. The summed E-state index contributed by atoms with van der Waals surface area (Å²) in [6, 6.07) is 17.5. The Kier molecular flexibility index (Phi) is 7.93. The molecule has 1 aliphatic heterocycles. The van der Waals surface area contributed by atoms with Gasteiger partial charge in [0.05, 0.1) is 0 Å². The minimum Gasteiger partial charge on any atom is -0.368 e. The lowest BCUT2D eigenvalue weighted by atomic mass is 10.0. The molecular weight excluding hydrogens is 388 g/mol. The van der Waals surface area contributed by atoms with Gasteiger partial charge in [-0.1, -0.05) is 61.9 Å². The third-order valence-corrected chi connectivity index (χ3v) is 5.60. The molecule has 0 saturated carbocycles. The van der Waals surface area contributed by atoms with Crippen LogP contribution >= 0.6 is 0 Å². The van der Waals surface area contributed by atoms with Gasteiger partial charge in [-0.2, -0.15) is 0 Å². The second-order valence-corrected chi connectivity index (χ2v) is 8.64. The van der Waals surface area contributed by atoms with Crippen LogP contribution in [0.15, 0.2) is 54.6 Å². The number of urea groups is 1. The van der Waals surface area contributed by atoms with Crippen LogP contribution in [-0.4, -0.2) is 49.1 Å². The number of hydrogen-bond acceptors (Lipinski definition) is 3. The summed E-state index contributed by atoms with van der Waals surface area (Å²) in [7, 11) is 0. The summed E-state index contributed by atoms with van der Waals surface area (Å²) in [6.07, 6.45) is 0.621. The van der Waals surface area contributed by atoms with E-state index in [0.29, 0.717) is 32.0 Å². The lowest BCUT2D eigenvalue weighted by Gasteiger charge is -2.38. The topological polar surface area (TPSA) is 64.7 Å². The largest absolute Gasteiger partial charge is 0.368 e. The molecule has 1 saturated heterocycles. The van der Waals surface area contributed by atoms with Crippen LogP contribution in [0.3, 0.4) is 0 Å². The highest BCUT2D eigenvalue weighted by molar-refractivity contribution is 5.87. The van der Waals surface area contributed by atoms with E-state index in [1.807, 2.05) is 54.3 Å². The number of para-hydroxylation sites is 1. The molecule has 0 bridgehead atoms. The summed E-state index contributed by atoms with van der Waals surface area (Å²) < 4.78 is 0. The fourth-order valence-electron chi connectivity index (χ4n) is 3.83. The van der Waals surface area contributed by atoms with Gasteiger partial charge in [0.2, 0.25) is 5.91 Å². The summed E-state index contributed by atoms with van der Waals surface area (Å²) in [5.74, 6) is 0.309. The average molecular weight is 423 g/mol. The Bertz CT molecular complexity index is 844. The monoisotopic (exact) mass is 422 g/mol. The van der Waals surface area contributed by atoms with Crippen molar-refractivity contribution in [2.24, 2.45) is 5.92 Å². The highest BCUT2D eigenvalue weighted by Crippen LogP contribution is 2.17. The number of nitrogens with one attached hydrogen (secondary N) is 2. The first-order chi connectivity index (χ1) is 14.9. The molecule has 0 spiro atoms. The van der Waals surface area contributed by atoms with Crippen molar-refractivity contribution in [1.82, 2.24) is 15.5 Å². The fraction of sp³-hybridized carbons (Fsp3) is 0.440. The van der Waals surface area contributed by atoms with Gasteiger partial charge in [0.15, 0.2) is 0 Å². The summed E-state index contributed by atoms with van der Waals surface area (Å²) in [5.41, 5.74) is 3.40. The molecule has 6 nitrogen and oxygen atoms in total. The Hall–Kier alpha value is -3.02. The van der Waals surface area contributed by atoms with E-state index in [9.17, 15) is 9.59 Å². The molecule has 2 aromatic carbocycles. The number of rotatable bonds is 7. The molecule has 166 valence electrons. The first-order valence-electron chi connectivity index (χ1n) is 11.1. The molecule has 1 atom stereocenters. The smallest absolute Gasteiger partial charge is 0.315 e. The van der Waals surface area contributed by atoms with Crippen LogP contribution in [0, 0.1) is 12.8 Å². The fourth-order valence-corrected chi connectivity index (χ4v) is 3.83. The first-order valence-corrected chi connectivity index (χ1v) is 11.1. The van der Waals surface area contributed by atoms with Crippen LogP contribution in [0.25, 0.3) is 0 Å². The van der Waals surface area contributed by atoms with Crippen LogP contribution in [0.5, 0.6) is 0 Å². The molecule has 0 aliphatic carbocycles. The molecule has 2 aromatic rings. The van der Waals surface area contributed by atoms with Gasteiger partial charge < -0.3 is 20.4 Å². The van der Waals surface area contributed by atoms with Crippen LogP contribution < -0.4 is 15.5 Å². The molecule has 31 heavy (non-hydrogen) atoms. The van der Waals surface area contributed by atoms with Crippen molar-refractivity contribution in [2.75, 3.05) is 31.1 Å². The van der Waals surface area contributed by atoms with E-state index in [4.69, 9.17) is 0 Å². The zero-order chi connectivity index (χ0) is 22.2. The third-order valence-electron chi connectivity index (χ3n) is 5.60. The Morgan fingerprint density at radius 1 is 0.935 bits per heavy atom. The first kappa shape index (κ1) is 22.7. The van der Waals surface area contributed by atoms with Gasteiger partial charge >= 0.3 is 6.03 Å². The quantitative estimate of drug-likeness (QED) is 0.717. The Morgan fingerprint density at radius 3 is 2.19 bits per heavy atom. The van der Waals surface area contributed by atoms with E-state index in [1.165, 1.54) is 11.3 Å². The summed E-state index contributed by atoms with van der Waals surface area (Å²) >= 11 is 0. The zero-order valence-electron chi connectivity index (χ0n) is 18.8. The number of hydrogen-bond donors (Lipinski definition) is 2. The van der Waals surface area contributed by atoms with Gasteiger partial charge in [-0.05, 0) is 37.0 Å². The number of carbonyl (C=O) groups excluding carboxylic acids is 2. The van der Waals surface area contributed by atoms with Gasteiger partial charge in [0.25, 0.3) is 0 Å². The van der Waals surface area contributed by atoms with Crippen LogP contribution in [0.2, 0.25) is 0 Å². The summed E-state index contributed by atoms with van der Waals surface area (Å²) in [4.78, 5) is 29.9. The van der Waals surface area contributed by atoms with Crippen molar-refractivity contribution in [1.29, 1.82) is 0 Å². The van der Waals surface area contributed by atoms with E-state index in [0.717, 1.165) is 18.7 Å². The molecule has 3 rings (SSSR count). The number of carbonyl (C=O) groups is 2. The number of nitrogens with zero attached hydrogens (tertiary/aromatic N) is 2. The van der Waals surface area contributed by atoms with Crippen molar-refractivity contribution < 1.29 is 9.59 Å². The molecule has 6 heteroatoms. The molecular formula is C25H34N4O2. The standard InChI is InChI=1S/C25H34N4O2/c1-19(2)17-23(27-25(31)26-18-21-11-9-20(3)10-12-21)24(30)29-15-13-28(14-16-29)22-7-5-4-6-8-22/h4-12,19,23H,13-18H2,1-3H3,(H2,26,27,31). The summed E-state index contributed by atoms with van der Waals surface area (Å²) in [5, 5.41) is 5.79. The number of anilines is 1. The minimum absolute atomic E-state index is 0.00639. The van der Waals surface area contributed by atoms with E-state index < -0.39 is 6.04 Å². The van der Waals surface area contributed by atoms with Crippen LogP contribution in [0.4, 0.5) is 10.5 Å². The predicted octanol–water partition coefficient (Wildman–Crippen LogP) is 3.56. The van der Waals surface area contributed by atoms with Crippen molar-refractivity contribution in [3.8, 4) is 0 Å². The maximum atomic E-state index is 13.2. The molecule has 0 radical (unpaired) electrons. The molecule has 0 aromatic heterocycles. The number of aryl methyl sites for hydroxylation is 1. The Morgan fingerprint density at radius 2 is 1.58 bits per heavy atom. The zero-order valence-corrected chi connectivity index (χ0v) is 18.8. The van der Waals surface area contributed by atoms with Crippen LogP contribution in [0.1, 0.15) is 31.4 Å². The average Bonchev–Trinajstić information content (AvgIpc) is 2.78. The van der Waals surface area contributed by atoms with E-state index in [1.54, 1.807) is 0 Å². The van der Waals surface area contributed by atoms with Gasteiger partial charge in [-0.3, -0.25) is 4.79 Å². The van der Waals surface area contributed by atoms with Gasteiger partial charge in [-0.15, -0.1) is 0 Å². The number of amides is 3. The van der Waals surface area contributed by atoms with Crippen molar-refractivity contribution in [3.63, 3.8) is 0 Å². The highest BCUT2D eigenvalue weighted by atomic mass is 16.2. The number of piperazine rings is 1. The second-order valence-electron chi connectivity index (χ2n) is 8.64. The minimum atomic E-state index is -0.513. The Balaban J connectivity index is 1.53. The van der Waals surface area contributed by atoms with Crippen molar-refractivity contribution >= 4 is 17.6 Å². The maximum Gasteiger partial charge on any atom is 0.315 e. The molecule has 1 aliphatic rings. The second kappa shape index (κ2) is 10.8. The van der Waals surface area contributed by atoms with Crippen molar-refractivity contribution in [3.05, 3.63) is 65.7 Å². The molecule has 1 unspecified atom stereocenters. The Labute approximate surface area is 185 Å². The van der Waals surface area contributed by atoms with E-state index in [2.05, 4.69) is 41.5 Å². The summed E-state index contributed by atoms with van der Waals surface area (Å²) in [6.45, 7) is 9.52. The van der Waals surface area contributed by atoms with Crippen molar-refractivity contribution in [2.45, 2.75) is 39.8 Å². The highest BCUT2D eigenvalue weighted by Gasteiger charge is 2.29. The van der Waals surface area contributed by atoms with E-state index >= 15 is 0 Å². The molecule has 3 amide bonds. The van der Waals surface area contributed by atoms with Gasteiger partial charge in [-0.25, -0.2) is 4.79 Å². The number of benzene rings is 2. The van der Waals surface area contributed by atoms with Crippen LogP contribution in [-0.2, 0) is 11.3 Å². The lowest BCUT2D eigenvalue weighted by Crippen LogP contribution is -2.56. The maximum absolute atomic E-state index is 13.2. The van der Waals surface area contributed by atoms with Gasteiger partial charge in [0.1, 0.15) is 6.04 Å².